The topological polar surface area (TPSA) is 132 Å². The van der Waals surface area contributed by atoms with Crippen LogP contribution in [0.25, 0.3) is 22.3 Å². The number of allylic oxidation sites excluding steroid dienone is 4. The van der Waals surface area contributed by atoms with Crippen molar-refractivity contribution in [2.24, 2.45) is 10.8 Å². The number of rotatable bonds is 0. The maximum atomic E-state index is 15.3. The van der Waals surface area contributed by atoms with Gasteiger partial charge in [0.1, 0.15) is 0 Å². The van der Waals surface area contributed by atoms with Crippen LogP contribution in [0.3, 0.4) is 0 Å². The maximum Gasteiger partial charge on any atom is 0.553 e. The Balaban J connectivity index is 0.946. The highest BCUT2D eigenvalue weighted by Gasteiger charge is 2.73. The smallest absolute Gasteiger partial charge is 0.322 e. The summed E-state index contributed by atoms with van der Waals surface area (Å²) in [7, 11) is 0. The summed E-state index contributed by atoms with van der Waals surface area (Å²) >= 11 is 0. The molecule has 12 heteroatoms. The highest BCUT2D eigenvalue weighted by Crippen LogP contribution is 2.55. The van der Waals surface area contributed by atoms with Gasteiger partial charge in [-0.05, 0) is 161 Å². The second-order valence-electron chi connectivity index (χ2n) is 27.7. The largest absolute Gasteiger partial charge is 0.553 e. The summed E-state index contributed by atoms with van der Waals surface area (Å²) in [5.74, 6) is -2.17. The molecule has 1 spiro atoms. The Bertz CT molecular complexity index is 5520. The number of aromatic nitrogens is 2. The van der Waals surface area contributed by atoms with E-state index in [9.17, 15) is 4.79 Å². The number of carbonyl (C=O) groups excluding carboxylic acids is 4. The number of nitrogens with zero attached hydrogens (tertiary/aromatic N) is 4. The van der Waals surface area contributed by atoms with Crippen molar-refractivity contribution in [3.63, 3.8) is 0 Å². The van der Waals surface area contributed by atoms with Crippen molar-refractivity contribution in [2.75, 3.05) is 21.3 Å². The molecule has 4 N–H and O–H groups in total. The number of hydrogen-bond donors (Lipinski definition) is 4. The molecule has 2 aromatic heterocycles. The number of nitrogens with one attached hydrogen (secondary N) is 4. The Hall–Kier alpha value is -11.8. The molecule has 1 unspecified atom stereocenters. The van der Waals surface area contributed by atoms with Gasteiger partial charge in [-0.3, -0.25) is 19.2 Å². The van der Waals surface area contributed by atoms with Crippen LogP contribution in [0.15, 0.2) is 254 Å². The molecule has 8 aliphatic heterocycles. The summed E-state index contributed by atoms with van der Waals surface area (Å²) in [6.45, 7) is 8.88. The summed E-state index contributed by atoms with van der Waals surface area (Å²) < 4.78 is 9.86. The Morgan fingerprint density at radius 3 is 1.31 bits per heavy atom. The number of amides is 4. The first-order valence-electron chi connectivity index (χ1n) is 32.6. The quantitative estimate of drug-likeness (QED) is 0.113. The van der Waals surface area contributed by atoms with Crippen molar-refractivity contribution in [1.82, 2.24) is 9.13 Å². The van der Waals surface area contributed by atoms with Crippen molar-refractivity contribution in [1.29, 1.82) is 0 Å². The SMILES string of the molecule is CC1(C)Cc2cccc(c2)C(=O)Nc2ccccc2C2=C3C=CC4=[N+]3C35n6c2ccc6C(=C2C=CC(=[N+]23)C2=c3ccc(n35)=C4c3cccc(c3)NC(=O)c3cccc(c3)CC(C)(C)Cc3ccccc3C(=O)Nc3ccccc32)c2ccccc2NC(=O)c2cccc(c2)C1. The third-order valence-corrected chi connectivity index (χ3v) is 20.1. The van der Waals surface area contributed by atoms with E-state index in [1.807, 2.05) is 146 Å². The van der Waals surface area contributed by atoms with Gasteiger partial charge in [0.05, 0.1) is 44.4 Å². The molecule has 0 radical (unpaired) electrons. The molecule has 12 nitrogen and oxygen atoms in total. The molecule has 0 aliphatic carbocycles. The van der Waals surface area contributed by atoms with Gasteiger partial charge in [0.25, 0.3) is 23.6 Å². The summed E-state index contributed by atoms with van der Waals surface area (Å²) in [6, 6.07) is 72.9. The molecule has 10 aromatic rings. The van der Waals surface area contributed by atoms with E-state index < -0.39 is 5.91 Å². The zero-order valence-electron chi connectivity index (χ0n) is 52.8. The summed E-state index contributed by atoms with van der Waals surface area (Å²) in [5, 5.41) is 15.5. The number of anilines is 4. The van der Waals surface area contributed by atoms with Gasteiger partial charge >= 0.3 is 5.91 Å². The molecule has 18 rings (SSSR count). The van der Waals surface area contributed by atoms with E-state index in [2.05, 4.69) is 164 Å². The Morgan fingerprint density at radius 1 is 0.347 bits per heavy atom. The number of carbonyl (C=O) groups is 4. The maximum absolute atomic E-state index is 15.3. The molecule has 8 aliphatic rings. The average Bonchev–Trinajstić information content (AvgIpc) is 1.57. The fourth-order valence-electron chi connectivity index (χ4n) is 16.5. The molecule has 95 heavy (non-hydrogen) atoms. The van der Waals surface area contributed by atoms with E-state index in [1.165, 1.54) is 0 Å². The molecular formula is C83H64N8O4+2. The minimum absolute atomic E-state index is 0.223. The minimum Gasteiger partial charge on any atom is -0.322 e. The average molecular weight is 1240 g/mol. The number of hydrogen-bond acceptors (Lipinski definition) is 4. The van der Waals surface area contributed by atoms with Gasteiger partial charge in [0, 0.05) is 86.0 Å². The Morgan fingerprint density at radius 2 is 0.768 bits per heavy atom. The molecule has 458 valence electrons. The zero-order chi connectivity index (χ0) is 64.2. The van der Waals surface area contributed by atoms with E-state index in [1.54, 1.807) is 0 Å². The summed E-state index contributed by atoms with van der Waals surface area (Å²) in [5.41, 5.74) is 20.5. The third kappa shape index (κ3) is 8.59. The second kappa shape index (κ2) is 20.6. The van der Waals surface area contributed by atoms with E-state index in [0.29, 0.717) is 70.7 Å². The normalized spacial score (nSPS) is 19.1. The lowest BCUT2D eigenvalue weighted by atomic mass is 9.79. The molecule has 0 fully saturated rings. The van der Waals surface area contributed by atoms with E-state index in [4.69, 9.17) is 0 Å². The molecule has 1 atom stereocenters. The predicted molar refractivity (Wildman–Crippen MR) is 373 cm³/mol. The minimum atomic E-state index is -1.27. The number of fused-ring (bicyclic) bond motifs is 18. The lowest BCUT2D eigenvalue weighted by molar-refractivity contribution is -0.834. The molecular weight excluding hydrogens is 1170 g/mol. The molecule has 0 saturated carbocycles. The molecule has 10 heterocycles. The predicted octanol–water partition coefficient (Wildman–Crippen LogP) is 13.7. The number of para-hydroxylation sites is 3. The number of benzene rings is 8. The monoisotopic (exact) mass is 1240 g/mol. The van der Waals surface area contributed by atoms with Crippen LogP contribution < -0.4 is 32.0 Å². The van der Waals surface area contributed by atoms with Crippen LogP contribution in [0.4, 0.5) is 22.7 Å². The lowest BCUT2D eigenvalue weighted by Gasteiger charge is -2.41. The van der Waals surface area contributed by atoms with Gasteiger partial charge in [-0.2, -0.15) is 9.13 Å². The third-order valence-electron chi connectivity index (χ3n) is 20.1. The van der Waals surface area contributed by atoms with Crippen LogP contribution in [-0.4, -0.2) is 53.3 Å². The van der Waals surface area contributed by atoms with Gasteiger partial charge in [-0.1, -0.05) is 158 Å². The van der Waals surface area contributed by atoms with Crippen molar-refractivity contribution in [2.45, 2.75) is 59.3 Å². The van der Waals surface area contributed by atoms with Crippen molar-refractivity contribution < 1.29 is 28.3 Å². The van der Waals surface area contributed by atoms with Gasteiger partial charge in [-0.25, -0.2) is 0 Å². The molecule has 8 aromatic carbocycles. The van der Waals surface area contributed by atoms with Crippen LogP contribution in [0.5, 0.6) is 0 Å². The first kappa shape index (κ1) is 56.0. The summed E-state index contributed by atoms with van der Waals surface area (Å²) in [6.07, 6.45) is 11.5. The Kier molecular flexibility index (Phi) is 12.2. The Labute approximate surface area is 549 Å². The zero-order valence-corrected chi connectivity index (χ0v) is 52.8. The van der Waals surface area contributed by atoms with Crippen molar-refractivity contribution >= 4 is 80.1 Å². The molecule has 18 bridgehead atoms. The van der Waals surface area contributed by atoms with Crippen molar-refractivity contribution in [3.05, 3.63) is 343 Å². The first-order chi connectivity index (χ1) is 46.2. The van der Waals surface area contributed by atoms with Crippen molar-refractivity contribution in [3.8, 4) is 0 Å². The highest BCUT2D eigenvalue weighted by atomic mass is 16.2. The van der Waals surface area contributed by atoms with Gasteiger partial charge in [-0.15, -0.1) is 0 Å². The van der Waals surface area contributed by atoms with Gasteiger partial charge in [0.15, 0.2) is 0 Å². The van der Waals surface area contributed by atoms with Crippen LogP contribution in [0.2, 0.25) is 0 Å². The first-order valence-corrected chi connectivity index (χ1v) is 32.6. The standard InChI is InChI=1S/C83H62N8O4/c1-81(2)45-49-17-14-23-54(42-49)78(93)85-62-30-10-7-27-59(62)74-67-35-33-65-73-52-21-16-25-57(44-52)84-77(92)53-22-13-19-51(41-53)47-82(3,4)48-56-20-5-6-26-58(56)80(95)87-64-32-12-9-29-61(64)76-68-36-34-66(73)89(68)83(88(65)67)90-69(74)37-38-70(90)75(71-39-40-72(76)91(71)83)60-28-8-11-31-63(60)86-79(94)55-24-15-18-50(43-55)46-81/h5-44H,45-48H2,1-4H3,(H2,84,85,87,92,93,95)/p+2. The molecule has 0 saturated heterocycles. The second-order valence-corrected chi connectivity index (χ2v) is 27.7. The van der Waals surface area contributed by atoms with Crippen LogP contribution in [-0.2, 0) is 31.6 Å². The summed E-state index contributed by atoms with van der Waals surface area (Å²) in [4.78, 5) is 60.1. The van der Waals surface area contributed by atoms with E-state index in [-0.39, 0.29) is 34.5 Å². The van der Waals surface area contributed by atoms with Gasteiger partial charge in [0.2, 0.25) is 22.8 Å². The molecule has 4 amide bonds. The highest BCUT2D eigenvalue weighted by molar-refractivity contribution is 6.31. The van der Waals surface area contributed by atoms with E-state index in [0.717, 1.165) is 112 Å². The van der Waals surface area contributed by atoms with Crippen LogP contribution in [0, 0.1) is 10.8 Å². The lowest BCUT2D eigenvalue weighted by Crippen LogP contribution is -2.71. The van der Waals surface area contributed by atoms with Gasteiger partial charge < -0.3 is 21.3 Å². The fourth-order valence-corrected chi connectivity index (χ4v) is 16.5. The van der Waals surface area contributed by atoms with Crippen LogP contribution >= 0.6 is 0 Å². The fraction of sp³-hybridized carbons (Fsp3) is 0.133. The van der Waals surface area contributed by atoms with E-state index >= 15 is 14.4 Å². The van der Waals surface area contributed by atoms with Crippen LogP contribution in [0.1, 0.15) is 125 Å².